The van der Waals surface area contributed by atoms with Gasteiger partial charge >= 0.3 is 5.97 Å². The van der Waals surface area contributed by atoms with E-state index in [0.717, 1.165) is 25.7 Å². The Morgan fingerprint density at radius 1 is 0.311 bits per heavy atom. The number of hydrogen-bond donors (Lipinski definition) is 1. The molecular formula is C43H86O2. The van der Waals surface area contributed by atoms with E-state index in [1.807, 2.05) is 0 Å². The van der Waals surface area contributed by atoms with Crippen LogP contribution in [0.5, 0.6) is 0 Å². The monoisotopic (exact) mass is 635 g/mol. The van der Waals surface area contributed by atoms with Gasteiger partial charge in [0.15, 0.2) is 0 Å². The average molecular weight is 635 g/mol. The fourth-order valence-corrected chi connectivity index (χ4v) is 7.15. The maximum atomic E-state index is 11.7. The summed E-state index contributed by atoms with van der Waals surface area (Å²) in [7, 11) is 0. The lowest BCUT2D eigenvalue weighted by molar-refractivity contribution is -0.142. The van der Waals surface area contributed by atoms with Crippen molar-refractivity contribution in [2.45, 2.75) is 264 Å². The predicted molar refractivity (Wildman–Crippen MR) is 203 cm³/mol. The molecule has 1 unspecified atom stereocenters. The van der Waals surface area contributed by atoms with Crippen molar-refractivity contribution < 1.29 is 9.90 Å². The molecule has 2 heteroatoms. The Morgan fingerprint density at radius 3 is 0.622 bits per heavy atom. The Kier molecular flexibility index (Phi) is 39.2. The topological polar surface area (TPSA) is 37.3 Å². The van der Waals surface area contributed by atoms with Crippen LogP contribution in [0.2, 0.25) is 0 Å². The first kappa shape index (κ1) is 44.5. The molecule has 0 bridgehead atoms. The van der Waals surface area contributed by atoms with Crippen molar-refractivity contribution in [2.24, 2.45) is 5.92 Å². The fourth-order valence-electron chi connectivity index (χ4n) is 7.15. The van der Waals surface area contributed by atoms with Crippen LogP contribution >= 0.6 is 0 Å². The van der Waals surface area contributed by atoms with Gasteiger partial charge in [-0.15, -0.1) is 0 Å². The minimum atomic E-state index is -0.553. The first-order valence-electron chi connectivity index (χ1n) is 21.4. The zero-order chi connectivity index (χ0) is 32.7. The number of carboxylic acids is 1. The van der Waals surface area contributed by atoms with Crippen molar-refractivity contribution in [3.05, 3.63) is 0 Å². The molecule has 0 rings (SSSR count). The summed E-state index contributed by atoms with van der Waals surface area (Å²) in [5.41, 5.74) is 0. The fraction of sp³-hybridized carbons (Fsp3) is 0.977. The van der Waals surface area contributed by atoms with Crippen molar-refractivity contribution in [1.29, 1.82) is 0 Å². The molecule has 0 fully saturated rings. The molecule has 0 spiro atoms. The van der Waals surface area contributed by atoms with Crippen molar-refractivity contribution in [1.82, 2.24) is 0 Å². The Balaban J connectivity index is 3.30. The van der Waals surface area contributed by atoms with Gasteiger partial charge in [-0.2, -0.15) is 0 Å². The molecule has 2 nitrogen and oxygen atoms in total. The summed E-state index contributed by atoms with van der Waals surface area (Å²) >= 11 is 0. The maximum Gasteiger partial charge on any atom is 0.306 e. The van der Waals surface area contributed by atoms with Gasteiger partial charge in [-0.1, -0.05) is 251 Å². The number of rotatable bonds is 40. The van der Waals surface area contributed by atoms with Crippen LogP contribution in [0, 0.1) is 5.92 Å². The minimum Gasteiger partial charge on any atom is -0.481 e. The number of aliphatic carboxylic acids is 1. The Bertz CT molecular complexity index is 544. The Hall–Kier alpha value is -0.530. The van der Waals surface area contributed by atoms with Gasteiger partial charge in [0.25, 0.3) is 0 Å². The van der Waals surface area contributed by atoms with Crippen LogP contribution in [0.4, 0.5) is 0 Å². The standard InChI is InChI=1S/C43H86O2/c1-3-5-7-9-11-13-15-17-18-19-20-21-22-23-24-25-26-27-28-29-31-33-35-37-39-41-42(43(44)45)40-38-36-34-32-30-16-14-12-10-8-6-4-2/h42H,3-41H2,1-2H3,(H,44,45). The number of carboxylic acid groups (broad SMARTS) is 1. The first-order chi connectivity index (χ1) is 22.2. The summed E-state index contributed by atoms with van der Waals surface area (Å²) in [6, 6.07) is 0. The molecule has 0 aromatic rings. The maximum absolute atomic E-state index is 11.7. The van der Waals surface area contributed by atoms with Crippen molar-refractivity contribution >= 4 is 5.97 Å². The van der Waals surface area contributed by atoms with E-state index in [1.54, 1.807) is 0 Å². The summed E-state index contributed by atoms with van der Waals surface area (Å²) in [4.78, 5) is 11.7. The predicted octanol–water partition coefficient (Wildman–Crippen LogP) is 15.9. The van der Waals surface area contributed by atoms with Crippen molar-refractivity contribution in [3.8, 4) is 0 Å². The molecule has 0 aliphatic rings. The summed E-state index contributed by atoms with van der Waals surface area (Å²) in [5, 5.41) is 9.64. The highest BCUT2D eigenvalue weighted by Crippen LogP contribution is 2.21. The van der Waals surface area contributed by atoms with Gasteiger partial charge in [0, 0.05) is 0 Å². The highest BCUT2D eigenvalue weighted by Gasteiger charge is 2.16. The van der Waals surface area contributed by atoms with E-state index in [0.29, 0.717) is 0 Å². The lowest BCUT2D eigenvalue weighted by Crippen LogP contribution is -2.13. The third-order valence-electron chi connectivity index (χ3n) is 10.4. The smallest absolute Gasteiger partial charge is 0.306 e. The van der Waals surface area contributed by atoms with Gasteiger partial charge < -0.3 is 5.11 Å². The minimum absolute atomic E-state index is 0.0994. The van der Waals surface area contributed by atoms with Crippen molar-refractivity contribution in [3.63, 3.8) is 0 Å². The molecule has 0 heterocycles. The first-order valence-corrected chi connectivity index (χ1v) is 21.4. The molecule has 0 aliphatic carbocycles. The van der Waals surface area contributed by atoms with E-state index in [9.17, 15) is 9.90 Å². The zero-order valence-electron chi connectivity index (χ0n) is 31.5. The number of hydrogen-bond acceptors (Lipinski definition) is 1. The average Bonchev–Trinajstić information content (AvgIpc) is 3.04. The number of carbonyl (C=O) groups is 1. The van der Waals surface area contributed by atoms with Gasteiger partial charge in [0.1, 0.15) is 0 Å². The van der Waals surface area contributed by atoms with E-state index in [-0.39, 0.29) is 5.92 Å². The second kappa shape index (κ2) is 39.6. The molecule has 0 amide bonds. The van der Waals surface area contributed by atoms with E-state index < -0.39 is 5.97 Å². The molecule has 0 aromatic heterocycles. The highest BCUT2D eigenvalue weighted by atomic mass is 16.4. The molecule has 1 N–H and O–H groups in total. The van der Waals surface area contributed by atoms with Crippen LogP contribution in [0.3, 0.4) is 0 Å². The molecule has 0 aliphatic heterocycles. The molecule has 270 valence electrons. The summed E-state index contributed by atoms with van der Waals surface area (Å²) in [6.45, 7) is 4.58. The van der Waals surface area contributed by atoms with Gasteiger partial charge in [0.05, 0.1) is 5.92 Å². The van der Waals surface area contributed by atoms with Gasteiger partial charge in [-0.3, -0.25) is 4.79 Å². The Labute approximate surface area is 285 Å². The van der Waals surface area contributed by atoms with Gasteiger partial charge in [0.2, 0.25) is 0 Å². The molecule has 0 saturated heterocycles. The molecule has 0 radical (unpaired) electrons. The van der Waals surface area contributed by atoms with Crippen LogP contribution in [0.25, 0.3) is 0 Å². The zero-order valence-corrected chi connectivity index (χ0v) is 31.5. The molecule has 0 aromatic carbocycles. The second-order valence-electron chi connectivity index (χ2n) is 15.0. The van der Waals surface area contributed by atoms with Gasteiger partial charge in [-0.25, -0.2) is 0 Å². The van der Waals surface area contributed by atoms with Crippen LogP contribution in [-0.2, 0) is 4.79 Å². The van der Waals surface area contributed by atoms with E-state index in [1.165, 1.54) is 225 Å². The van der Waals surface area contributed by atoms with E-state index in [4.69, 9.17) is 0 Å². The van der Waals surface area contributed by atoms with Crippen LogP contribution in [0.15, 0.2) is 0 Å². The summed E-state index contributed by atoms with van der Waals surface area (Å²) in [6.07, 6.45) is 53.2. The Morgan fingerprint density at radius 2 is 0.467 bits per heavy atom. The van der Waals surface area contributed by atoms with Gasteiger partial charge in [-0.05, 0) is 12.8 Å². The normalized spacial score (nSPS) is 12.2. The molecule has 45 heavy (non-hydrogen) atoms. The highest BCUT2D eigenvalue weighted by molar-refractivity contribution is 5.69. The van der Waals surface area contributed by atoms with E-state index in [2.05, 4.69) is 13.8 Å². The quantitative estimate of drug-likeness (QED) is 0.0681. The van der Waals surface area contributed by atoms with Crippen LogP contribution in [-0.4, -0.2) is 11.1 Å². The largest absolute Gasteiger partial charge is 0.481 e. The van der Waals surface area contributed by atoms with E-state index >= 15 is 0 Å². The summed E-state index contributed by atoms with van der Waals surface area (Å²) < 4.78 is 0. The lowest BCUT2D eigenvalue weighted by atomic mass is 9.94. The second-order valence-corrected chi connectivity index (χ2v) is 15.0. The SMILES string of the molecule is CCCCCCCCCCCCCCCCCCCCCCCCCCCC(CCCCCCCCCCCCCC)C(=O)O. The third kappa shape index (κ3) is 37.8. The number of unbranched alkanes of at least 4 members (excludes halogenated alkanes) is 35. The van der Waals surface area contributed by atoms with Crippen LogP contribution < -0.4 is 0 Å². The lowest BCUT2D eigenvalue weighted by Gasteiger charge is -2.12. The third-order valence-corrected chi connectivity index (χ3v) is 10.4. The molecule has 0 saturated carbocycles. The summed E-state index contributed by atoms with van der Waals surface area (Å²) in [5.74, 6) is -0.653. The molecular weight excluding hydrogens is 548 g/mol. The molecule has 1 atom stereocenters. The van der Waals surface area contributed by atoms with Crippen LogP contribution in [0.1, 0.15) is 264 Å². The van der Waals surface area contributed by atoms with Crippen molar-refractivity contribution in [2.75, 3.05) is 0 Å².